The highest BCUT2D eigenvalue weighted by Crippen LogP contribution is 2.36. The number of nitriles is 1. The van der Waals surface area contributed by atoms with E-state index >= 15 is 0 Å². The Kier molecular flexibility index (Phi) is 5.99. The monoisotopic (exact) mass is 403 g/mol. The molecule has 0 bridgehead atoms. The Bertz CT molecular complexity index is 964. The molecule has 1 fully saturated rings. The maximum Gasteiger partial charge on any atom is 0.230 e. The molecule has 1 heterocycles. The Morgan fingerprint density at radius 3 is 2.57 bits per heavy atom. The summed E-state index contributed by atoms with van der Waals surface area (Å²) < 4.78 is 5.24. The summed E-state index contributed by atoms with van der Waals surface area (Å²) in [5.41, 5.74) is 2.84. The molecule has 2 aromatic carbocycles. The van der Waals surface area contributed by atoms with Crippen LogP contribution in [0.25, 0.3) is 0 Å². The first kappa shape index (κ1) is 20.0. The lowest BCUT2D eigenvalue weighted by atomic mass is 9.77. The maximum absolute atomic E-state index is 13.4. The van der Waals surface area contributed by atoms with Crippen LogP contribution in [0.2, 0.25) is 0 Å². The molecule has 0 spiro atoms. The molecule has 1 saturated carbocycles. The number of ether oxygens (including phenoxy) is 1. The van der Waals surface area contributed by atoms with Gasteiger partial charge in [-0.05, 0) is 55.2 Å². The fraction of sp³-hybridized carbons (Fsp3) is 0.375. The van der Waals surface area contributed by atoms with Crippen LogP contribution in [0.15, 0.2) is 48.5 Å². The molecule has 1 aliphatic heterocycles. The first-order valence-corrected chi connectivity index (χ1v) is 10.5. The molecule has 1 aliphatic carbocycles. The van der Waals surface area contributed by atoms with Gasteiger partial charge in [0.15, 0.2) is 6.61 Å². The van der Waals surface area contributed by atoms with Crippen LogP contribution in [0.5, 0.6) is 5.75 Å². The number of para-hydroxylation sites is 1. The van der Waals surface area contributed by atoms with Crippen LogP contribution < -0.4 is 15.0 Å². The number of nitrogens with zero attached hydrogens (tertiary/aromatic N) is 2. The Morgan fingerprint density at radius 2 is 1.80 bits per heavy atom. The molecule has 2 aliphatic rings. The van der Waals surface area contributed by atoms with Crippen molar-refractivity contribution in [3.63, 3.8) is 0 Å². The third-order valence-corrected chi connectivity index (χ3v) is 6.00. The smallest absolute Gasteiger partial charge is 0.230 e. The van der Waals surface area contributed by atoms with Crippen LogP contribution in [-0.4, -0.2) is 25.0 Å². The fourth-order valence-corrected chi connectivity index (χ4v) is 4.49. The predicted molar refractivity (Wildman–Crippen MR) is 114 cm³/mol. The van der Waals surface area contributed by atoms with Crippen molar-refractivity contribution >= 4 is 23.2 Å². The van der Waals surface area contributed by atoms with Gasteiger partial charge in [-0.2, -0.15) is 5.26 Å². The second-order valence-electron chi connectivity index (χ2n) is 7.83. The van der Waals surface area contributed by atoms with E-state index in [1.807, 2.05) is 29.2 Å². The minimum Gasteiger partial charge on any atom is -0.479 e. The van der Waals surface area contributed by atoms with Crippen LogP contribution >= 0.6 is 0 Å². The Hall–Kier alpha value is -3.33. The number of benzene rings is 2. The molecule has 6 nitrogen and oxygen atoms in total. The largest absolute Gasteiger partial charge is 0.479 e. The van der Waals surface area contributed by atoms with Crippen molar-refractivity contribution in [2.24, 2.45) is 11.8 Å². The number of carbonyl (C=O) groups excluding carboxylic acids is 2. The van der Waals surface area contributed by atoms with Gasteiger partial charge in [-0.1, -0.05) is 31.0 Å². The summed E-state index contributed by atoms with van der Waals surface area (Å²) in [4.78, 5) is 28.3. The normalized spacial score (nSPS) is 20.2. The van der Waals surface area contributed by atoms with Crippen LogP contribution in [0.3, 0.4) is 0 Å². The zero-order valence-corrected chi connectivity index (χ0v) is 16.8. The van der Waals surface area contributed by atoms with Gasteiger partial charge in [-0.15, -0.1) is 0 Å². The van der Waals surface area contributed by atoms with Gasteiger partial charge in [0, 0.05) is 23.8 Å². The van der Waals surface area contributed by atoms with Gasteiger partial charge in [0.1, 0.15) is 11.8 Å². The molecular weight excluding hydrogens is 378 g/mol. The number of hydrogen-bond acceptors (Lipinski definition) is 4. The van der Waals surface area contributed by atoms with E-state index in [4.69, 9.17) is 10.00 Å². The third-order valence-electron chi connectivity index (χ3n) is 6.00. The molecule has 2 aromatic rings. The summed E-state index contributed by atoms with van der Waals surface area (Å²) in [6.07, 6.45) is 4.27. The molecule has 1 N–H and O–H groups in total. The first-order valence-electron chi connectivity index (χ1n) is 10.5. The van der Waals surface area contributed by atoms with Crippen molar-refractivity contribution in [1.82, 2.24) is 0 Å². The van der Waals surface area contributed by atoms with E-state index in [9.17, 15) is 9.59 Å². The number of nitrogens with one attached hydrogen (secondary N) is 1. The quantitative estimate of drug-likeness (QED) is 0.820. The molecule has 2 atom stereocenters. The number of anilines is 2. The molecule has 0 saturated heterocycles. The fourth-order valence-electron chi connectivity index (χ4n) is 4.49. The van der Waals surface area contributed by atoms with Gasteiger partial charge < -0.3 is 15.0 Å². The number of rotatable bonds is 5. The third kappa shape index (κ3) is 4.16. The summed E-state index contributed by atoms with van der Waals surface area (Å²) in [7, 11) is 0. The van der Waals surface area contributed by atoms with E-state index in [1.54, 1.807) is 24.3 Å². The number of amides is 2. The maximum atomic E-state index is 13.4. The molecule has 2 unspecified atom stereocenters. The van der Waals surface area contributed by atoms with Gasteiger partial charge in [0.2, 0.25) is 11.8 Å². The topological polar surface area (TPSA) is 82.4 Å². The van der Waals surface area contributed by atoms with E-state index in [0.29, 0.717) is 18.0 Å². The summed E-state index contributed by atoms with van der Waals surface area (Å²) in [5, 5.41) is 11.5. The Morgan fingerprint density at radius 1 is 1.07 bits per heavy atom. The SMILES string of the molecule is N#CCOc1ccc(NC(=O)C2CCCCC2C(=O)N2CCc3ccccc32)cc1. The summed E-state index contributed by atoms with van der Waals surface area (Å²) >= 11 is 0. The van der Waals surface area contributed by atoms with Crippen LogP contribution in [0, 0.1) is 23.2 Å². The summed E-state index contributed by atoms with van der Waals surface area (Å²) in [6.45, 7) is 0.671. The second-order valence-corrected chi connectivity index (χ2v) is 7.83. The molecule has 6 heteroatoms. The lowest BCUT2D eigenvalue weighted by molar-refractivity contribution is -0.132. The second kappa shape index (κ2) is 9.00. The predicted octanol–water partition coefficient (Wildman–Crippen LogP) is 3.92. The number of hydrogen-bond donors (Lipinski definition) is 1. The molecule has 154 valence electrons. The van der Waals surface area contributed by atoms with Crippen molar-refractivity contribution in [1.29, 1.82) is 5.26 Å². The van der Waals surface area contributed by atoms with E-state index < -0.39 is 0 Å². The standard InChI is InChI=1S/C24H25N3O3/c25-14-16-30-19-11-9-18(10-12-19)26-23(28)20-6-2-3-7-21(20)24(29)27-15-13-17-5-1-4-8-22(17)27/h1,4-5,8-12,20-21H,2-3,6-7,13,15-16H2,(H,26,28). The zero-order valence-electron chi connectivity index (χ0n) is 16.8. The molecule has 30 heavy (non-hydrogen) atoms. The van der Waals surface area contributed by atoms with E-state index in [-0.39, 0.29) is 30.3 Å². The molecule has 0 aromatic heterocycles. The summed E-state index contributed by atoms with van der Waals surface area (Å²) in [5.74, 6) is -0.0732. The van der Waals surface area contributed by atoms with Crippen molar-refractivity contribution in [2.75, 3.05) is 23.4 Å². The number of fused-ring (bicyclic) bond motifs is 1. The van der Waals surface area contributed by atoms with Crippen LogP contribution in [0.1, 0.15) is 31.2 Å². The molecule has 0 radical (unpaired) electrons. The highest BCUT2D eigenvalue weighted by atomic mass is 16.5. The average Bonchev–Trinajstić information content (AvgIpc) is 3.22. The molecule has 2 amide bonds. The van der Waals surface area contributed by atoms with Gasteiger partial charge in [-0.3, -0.25) is 9.59 Å². The van der Waals surface area contributed by atoms with E-state index in [2.05, 4.69) is 11.4 Å². The minimum absolute atomic E-state index is 0.0167. The lowest BCUT2D eigenvalue weighted by Gasteiger charge is -2.32. The lowest BCUT2D eigenvalue weighted by Crippen LogP contribution is -2.43. The highest BCUT2D eigenvalue weighted by Gasteiger charge is 2.39. The van der Waals surface area contributed by atoms with Gasteiger partial charge >= 0.3 is 0 Å². The first-order chi connectivity index (χ1) is 14.7. The minimum atomic E-state index is -0.325. The molecular formula is C24H25N3O3. The number of carbonyl (C=O) groups is 2. The van der Waals surface area contributed by atoms with E-state index in [1.165, 1.54) is 5.56 Å². The van der Waals surface area contributed by atoms with Crippen molar-refractivity contribution in [3.05, 3.63) is 54.1 Å². The van der Waals surface area contributed by atoms with Gasteiger partial charge in [0.05, 0.1) is 5.92 Å². The van der Waals surface area contributed by atoms with Gasteiger partial charge in [-0.25, -0.2) is 0 Å². The van der Waals surface area contributed by atoms with Gasteiger partial charge in [0.25, 0.3) is 0 Å². The molecule has 4 rings (SSSR count). The van der Waals surface area contributed by atoms with Crippen molar-refractivity contribution in [3.8, 4) is 11.8 Å². The van der Waals surface area contributed by atoms with Crippen LogP contribution in [0.4, 0.5) is 11.4 Å². The van der Waals surface area contributed by atoms with Crippen molar-refractivity contribution < 1.29 is 14.3 Å². The Labute approximate surface area is 176 Å². The van der Waals surface area contributed by atoms with Crippen LogP contribution in [-0.2, 0) is 16.0 Å². The Balaban J connectivity index is 1.45. The van der Waals surface area contributed by atoms with E-state index in [0.717, 1.165) is 37.8 Å². The van der Waals surface area contributed by atoms with Crippen molar-refractivity contribution in [2.45, 2.75) is 32.1 Å². The average molecular weight is 403 g/mol. The zero-order chi connectivity index (χ0) is 20.9. The highest BCUT2D eigenvalue weighted by molar-refractivity contribution is 6.02. The summed E-state index contributed by atoms with van der Waals surface area (Å²) in [6, 6.07) is 16.9.